The van der Waals surface area contributed by atoms with Crippen LogP contribution in [0.3, 0.4) is 0 Å². The second kappa shape index (κ2) is 7.98. The summed E-state index contributed by atoms with van der Waals surface area (Å²) in [6.45, 7) is 3.98. The van der Waals surface area contributed by atoms with Crippen molar-refractivity contribution in [1.82, 2.24) is 0 Å². The minimum Gasteiger partial charge on any atom is -0.386 e. The van der Waals surface area contributed by atoms with Crippen molar-refractivity contribution in [2.24, 2.45) is 5.16 Å². The molecule has 0 aliphatic carbocycles. The molecule has 0 heterocycles. The molecular weight excluding hydrogens is 276 g/mol. The predicted molar refractivity (Wildman–Crippen MR) is 89.2 cm³/mol. The SMILES string of the molecule is CCc1cccc(NC(=O)CO/N=C\c2ccc(C)cc2)c1. The van der Waals surface area contributed by atoms with Crippen LogP contribution in [-0.4, -0.2) is 18.7 Å². The Morgan fingerprint density at radius 3 is 2.73 bits per heavy atom. The van der Waals surface area contributed by atoms with E-state index >= 15 is 0 Å². The highest BCUT2D eigenvalue weighted by molar-refractivity contribution is 5.91. The average molecular weight is 296 g/mol. The van der Waals surface area contributed by atoms with Gasteiger partial charge in [0.05, 0.1) is 6.21 Å². The first kappa shape index (κ1) is 15.8. The highest BCUT2D eigenvalue weighted by atomic mass is 16.6. The van der Waals surface area contributed by atoms with Crippen molar-refractivity contribution >= 4 is 17.8 Å². The lowest BCUT2D eigenvalue weighted by Crippen LogP contribution is -2.17. The number of benzene rings is 2. The molecule has 0 saturated heterocycles. The third-order valence-corrected chi connectivity index (χ3v) is 3.17. The Bertz CT molecular complexity index is 648. The second-order valence-corrected chi connectivity index (χ2v) is 5.02. The van der Waals surface area contributed by atoms with Crippen LogP contribution in [0.1, 0.15) is 23.6 Å². The summed E-state index contributed by atoms with van der Waals surface area (Å²) in [5.41, 5.74) is 4.07. The van der Waals surface area contributed by atoms with Crippen LogP contribution >= 0.6 is 0 Å². The molecule has 0 atom stereocenters. The van der Waals surface area contributed by atoms with Crippen molar-refractivity contribution in [3.8, 4) is 0 Å². The molecule has 0 aliphatic heterocycles. The van der Waals surface area contributed by atoms with Crippen LogP contribution in [0.4, 0.5) is 5.69 Å². The molecule has 0 unspecified atom stereocenters. The van der Waals surface area contributed by atoms with E-state index in [0.717, 1.165) is 17.7 Å². The lowest BCUT2D eigenvalue weighted by Gasteiger charge is -2.05. The first-order valence-electron chi connectivity index (χ1n) is 7.28. The van der Waals surface area contributed by atoms with E-state index < -0.39 is 0 Å². The van der Waals surface area contributed by atoms with Gasteiger partial charge in [0.25, 0.3) is 5.91 Å². The molecule has 2 aromatic carbocycles. The lowest BCUT2D eigenvalue weighted by atomic mass is 10.1. The molecule has 22 heavy (non-hydrogen) atoms. The van der Waals surface area contributed by atoms with Crippen LogP contribution in [0, 0.1) is 6.92 Å². The monoisotopic (exact) mass is 296 g/mol. The van der Waals surface area contributed by atoms with Gasteiger partial charge in [-0.05, 0) is 36.6 Å². The van der Waals surface area contributed by atoms with Crippen LogP contribution in [0.2, 0.25) is 0 Å². The molecule has 1 N–H and O–H groups in total. The first-order valence-corrected chi connectivity index (χ1v) is 7.28. The van der Waals surface area contributed by atoms with Crippen LogP contribution < -0.4 is 5.32 Å². The Morgan fingerprint density at radius 1 is 1.23 bits per heavy atom. The van der Waals surface area contributed by atoms with Gasteiger partial charge in [-0.2, -0.15) is 0 Å². The van der Waals surface area contributed by atoms with E-state index in [9.17, 15) is 4.79 Å². The van der Waals surface area contributed by atoms with Gasteiger partial charge in [-0.15, -0.1) is 0 Å². The first-order chi connectivity index (χ1) is 10.7. The number of oxime groups is 1. The van der Waals surface area contributed by atoms with E-state index in [1.54, 1.807) is 6.21 Å². The smallest absolute Gasteiger partial charge is 0.265 e. The summed E-state index contributed by atoms with van der Waals surface area (Å²) >= 11 is 0. The number of nitrogens with zero attached hydrogens (tertiary/aromatic N) is 1. The molecule has 0 fully saturated rings. The number of nitrogens with one attached hydrogen (secondary N) is 1. The van der Waals surface area contributed by atoms with Crippen molar-refractivity contribution in [2.75, 3.05) is 11.9 Å². The molecule has 0 bridgehead atoms. The summed E-state index contributed by atoms with van der Waals surface area (Å²) in [6, 6.07) is 15.6. The summed E-state index contributed by atoms with van der Waals surface area (Å²) in [6.07, 6.45) is 2.52. The maximum atomic E-state index is 11.8. The zero-order valence-corrected chi connectivity index (χ0v) is 12.9. The largest absolute Gasteiger partial charge is 0.386 e. The fourth-order valence-corrected chi connectivity index (χ4v) is 1.91. The number of carbonyl (C=O) groups is 1. The van der Waals surface area contributed by atoms with Crippen molar-refractivity contribution in [1.29, 1.82) is 0 Å². The van der Waals surface area contributed by atoms with Gasteiger partial charge in [0.2, 0.25) is 0 Å². The maximum absolute atomic E-state index is 11.8. The minimum atomic E-state index is -0.227. The van der Waals surface area contributed by atoms with E-state index in [4.69, 9.17) is 4.84 Å². The van der Waals surface area contributed by atoms with Gasteiger partial charge in [0.1, 0.15) is 0 Å². The number of hydrogen-bond donors (Lipinski definition) is 1. The molecule has 1 amide bonds. The van der Waals surface area contributed by atoms with E-state index in [1.807, 2.05) is 55.5 Å². The number of hydrogen-bond acceptors (Lipinski definition) is 3. The zero-order valence-electron chi connectivity index (χ0n) is 12.9. The molecule has 2 aromatic rings. The Balaban J connectivity index is 1.78. The standard InChI is InChI=1S/C18H20N2O2/c1-3-15-5-4-6-17(11-15)20-18(21)13-22-19-12-16-9-7-14(2)8-10-16/h4-12H,3,13H2,1-2H3,(H,20,21)/b19-12-. The Kier molecular flexibility index (Phi) is 5.72. The number of aryl methyl sites for hydroxylation is 2. The van der Waals surface area contributed by atoms with E-state index in [-0.39, 0.29) is 12.5 Å². The molecule has 0 aliphatic rings. The van der Waals surface area contributed by atoms with E-state index in [0.29, 0.717) is 0 Å². The predicted octanol–water partition coefficient (Wildman–Crippen LogP) is 3.55. The van der Waals surface area contributed by atoms with Crippen LogP contribution in [0.5, 0.6) is 0 Å². The van der Waals surface area contributed by atoms with Crippen molar-refractivity contribution in [2.45, 2.75) is 20.3 Å². The average Bonchev–Trinajstić information content (AvgIpc) is 2.53. The summed E-state index contributed by atoms with van der Waals surface area (Å²) in [5.74, 6) is -0.227. The highest BCUT2D eigenvalue weighted by Gasteiger charge is 2.02. The summed E-state index contributed by atoms with van der Waals surface area (Å²) in [7, 11) is 0. The fraction of sp³-hybridized carbons (Fsp3) is 0.222. The number of rotatable bonds is 6. The third kappa shape index (κ3) is 5.05. The van der Waals surface area contributed by atoms with Gasteiger partial charge in [-0.3, -0.25) is 4.79 Å². The number of anilines is 1. The van der Waals surface area contributed by atoms with Crippen molar-refractivity contribution in [3.63, 3.8) is 0 Å². The minimum absolute atomic E-state index is 0.112. The highest BCUT2D eigenvalue weighted by Crippen LogP contribution is 2.10. The third-order valence-electron chi connectivity index (χ3n) is 3.17. The van der Waals surface area contributed by atoms with Gasteiger partial charge < -0.3 is 10.2 Å². The van der Waals surface area contributed by atoms with E-state index in [2.05, 4.69) is 17.4 Å². The Labute approximate surface area is 130 Å². The molecule has 0 aromatic heterocycles. The summed E-state index contributed by atoms with van der Waals surface area (Å²) in [4.78, 5) is 16.8. The molecule has 2 rings (SSSR count). The second-order valence-electron chi connectivity index (χ2n) is 5.02. The molecule has 114 valence electrons. The van der Waals surface area contributed by atoms with Gasteiger partial charge in [-0.25, -0.2) is 0 Å². The molecular formula is C18H20N2O2. The molecule has 0 radical (unpaired) electrons. The van der Waals surface area contributed by atoms with Gasteiger partial charge >= 0.3 is 0 Å². The van der Waals surface area contributed by atoms with Crippen molar-refractivity contribution in [3.05, 3.63) is 65.2 Å². The summed E-state index contributed by atoms with van der Waals surface area (Å²) < 4.78 is 0. The molecule has 0 saturated carbocycles. The molecule has 4 heteroatoms. The topological polar surface area (TPSA) is 50.7 Å². The number of amides is 1. The van der Waals surface area contributed by atoms with E-state index in [1.165, 1.54) is 11.1 Å². The maximum Gasteiger partial charge on any atom is 0.265 e. The zero-order chi connectivity index (χ0) is 15.8. The normalized spacial score (nSPS) is 10.6. The summed E-state index contributed by atoms with van der Waals surface area (Å²) in [5, 5.41) is 6.59. The van der Waals surface area contributed by atoms with Gasteiger partial charge in [0, 0.05) is 5.69 Å². The van der Waals surface area contributed by atoms with Crippen LogP contribution in [-0.2, 0) is 16.1 Å². The Hall–Kier alpha value is -2.62. The molecule has 0 spiro atoms. The fourth-order valence-electron chi connectivity index (χ4n) is 1.91. The van der Waals surface area contributed by atoms with Gasteiger partial charge in [0.15, 0.2) is 6.61 Å². The van der Waals surface area contributed by atoms with Crippen LogP contribution in [0.25, 0.3) is 0 Å². The Morgan fingerprint density at radius 2 is 2.00 bits per heavy atom. The quantitative estimate of drug-likeness (QED) is 0.654. The molecule has 4 nitrogen and oxygen atoms in total. The van der Waals surface area contributed by atoms with Gasteiger partial charge in [-0.1, -0.05) is 54.0 Å². The lowest BCUT2D eigenvalue weighted by molar-refractivity contribution is -0.120. The number of carbonyl (C=O) groups excluding carboxylic acids is 1. The van der Waals surface area contributed by atoms with Crippen molar-refractivity contribution < 1.29 is 9.63 Å². The van der Waals surface area contributed by atoms with Crippen LogP contribution in [0.15, 0.2) is 53.7 Å².